The van der Waals surface area contributed by atoms with Gasteiger partial charge in [0.1, 0.15) is 0 Å². The quantitative estimate of drug-likeness (QED) is 0.430. The van der Waals surface area contributed by atoms with E-state index < -0.39 is 0 Å². The molecular formula is C11H24S2. The molecule has 0 rings (SSSR count). The number of hydrogen-bond donors (Lipinski definition) is 0. The summed E-state index contributed by atoms with van der Waals surface area (Å²) >= 11 is 0. The summed E-state index contributed by atoms with van der Waals surface area (Å²) < 4.78 is 0.462. The first-order chi connectivity index (χ1) is 5.98. The van der Waals surface area contributed by atoms with Crippen LogP contribution < -0.4 is 0 Å². The maximum Gasteiger partial charge on any atom is 0.0207 e. The van der Waals surface area contributed by atoms with Gasteiger partial charge in [-0.15, -0.1) is 0 Å². The van der Waals surface area contributed by atoms with Crippen LogP contribution in [0.25, 0.3) is 0 Å². The molecule has 0 fully saturated rings. The highest BCUT2D eigenvalue weighted by Crippen LogP contribution is 2.41. The van der Waals surface area contributed by atoms with E-state index in [1.165, 1.54) is 25.7 Å². The van der Waals surface area contributed by atoms with Crippen molar-refractivity contribution in [3.63, 3.8) is 0 Å². The number of rotatable bonds is 7. The van der Waals surface area contributed by atoms with Crippen molar-refractivity contribution in [3.05, 3.63) is 0 Å². The van der Waals surface area contributed by atoms with Gasteiger partial charge in [0, 0.05) is 10.00 Å². The summed E-state index contributed by atoms with van der Waals surface area (Å²) in [6, 6.07) is 0. The third-order valence-electron chi connectivity index (χ3n) is 1.85. The predicted molar refractivity (Wildman–Crippen MR) is 68.5 cm³/mol. The molecule has 80 valence electrons. The monoisotopic (exact) mass is 220 g/mol. The minimum atomic E-state index is 0.462. The lowest BCUT2D eigenvalue weighted by Gasteiger charge is -2.23. The van der Waals surface area contributed by atoms with Gasteiger partial charge < -0.3 is 0 Å². The van der Waals surface area contributed by atoms with Crippen LogP contribution >= 0.6 is 21.6 Å². The van der Waals surface area contributed by atoms with Crippen LogP contribution in [0, 0.1) is 0 Å². The largest absolute Gasteiger partial charge is 0.0908 e. The SMILES string of the molecule is CCCCCC(C)(C)SSC(C)C. The topological polar surface area (TPSA) is 0 Å². The van der Waals surface area contributed by atoms with Crippen molar-refractivity contribution < 1.29 is 0 Å². The van der Waals surface area contributed by atoms with Crippen LogP contribution in [0.4, 0.5) is 0 Å². The zero-order valence-corrected chi connectivity index (χ0v) is 11.4. The highest BCUT2D eigenvalue weighted by Gasteiger charge is 2.18. The first-order valence-corrected chi connectivity index (χ1v) is 7.53. The van der Waals surface area contributed by atoms with Crippen LogP contribution in [-0.2, 0) is 0 Å². The van der Waals surface area contributed by atoms with Crippen molar-refractivity contribution in [1.29, 1.82) is 0 Å². The summed E-state index contributed by atoms with van der Waals surface area (Å²) in [6.07, 6.45) is 5.45. The van der Waals surface area contributed by atoms with Crippen LogP contribution in [0.5, 0.6) is 0 Å². The summed E-state index contributed by atoms with van der Waals surface area (Å²) in [4.78, 5) is 0. The van der Waals surface area contributed by atoms with Gasteiger partial charge in [-0.2, -0.15) is 0 Å². The Morgan fingerprint density at radius 3 is 2.23 bits per heavy atom. The molecule has 0 aliphatic rings. The Hall–Kier alpha value is 0.700. The maximum absolute atomic E-state index is 2.36. The van der Waals surface area contributed by atoms with E-state index in [2.05, 4.69) is 45.4 Å². The molecular weight excluding hydrogens is 196 g/mol. The lowest BCUT2D eigenvalue weighted by atomic mass is 10.0. The average Bonchev–Trinajstić information content (AvgIpc) is 2.02. The average molecular weight is 220 g/mol. The third-order valence-corrected chi connectivity index (χ3v) is 5.78. The fraction of sp³-hybridized carbons (Fsp3) is 1.00. The Morgan fingerprint density at radius 1 is 1.15 bits per heavy atom. The van der Waals surface area contributed by atoms with Gasteiger partial charge in [-0.3, -0.25) is 0 Å². The molecule has 0 bridgehead atoms. The minimum Gasteiger partial charge on any atom is -0.0908 e. The molecule has 0 aliphatic heterocycles. The second-order valence-electron chi connectivity index (χ2n) is 4.45. The zero-order chi connectivity index (χ0) is 10.3. The van der Waals surface area contributed by atoms with Crippen LogP contribution in [0.2, 0.25) is 0 Å². The van der Waals surface area contributed by atoms with Gasteiger partial charge in [-0.05, 0) is 20.3 Å². The molecule has 0 heterocycles. The summed E-state index contributed by atoms with van der Waals surface area (Å²) in [5.74, 6) is 0. The van der Waals surface area contributed by atoms with E-state index in [0.717, 1.165) is 5.25 Å². The Kier molecular flexibility index (Phi) is 7.43. The molecule has 0 amide bonds. The van der Waals surface area contributed by atoms with Crippen LogP contribution in [0.3, 0.4) is 0 Å². The van der Waals surface area contributed by atoms with Gasteiger partial charge in [0.15, 0.2) is 0 Å². The normalized spacial score (nSPS) is 12.5. The van der Waals surface area contributed by atoms with E-state index >= 15 is 0 Å². The summed E-state index contributed by atoms with van der Waals surface area (Å²) in [6.45, 7) is 11.5. The van der Waals surface area contributed by atoms with Crippen molar-refractivity contribution in [2.75, 3.05) is 0 Å². The summed E-state index contributed by atoms with van der Waals surface area (Å²) in [5.41, 5.74) is 0. The van der Waals surface area contributed by atoms with Gasteiger partial charge in [0.2, 0.25) is 0 Å². The van der Waals surface area contributed by atoms with E-state index in [9.17, 15) is 0 Å². The molecule has 0 nitrogen and oxygen atoms in total. The Balaban J connectivity index is 3.54. The molecule has 0 aromatic carbocycles. The van der Waals surface area contributed by atoms with Gasteiger partial charge in [-0.25, -0.2) is 0 Å². The van der Waals surface area contributed by atoms with E-state index in [-0.39, 0.29) is 0 Å². The molecule has 0 saturated carbocycles. The van der Waals surface area contributed by atoms with Crippen LogP contribution in [0.1, 0.15) is 60.3 Å². The highest BCUT2D eigenvalue weighted by molar-refractivity contribution is 8.77. The van der Waals surface area contributed by atoms with E-state index in [4.69, 9.17) is 0 Å². The van der Waals surface area contributed by atoms with E-state index in [0.29, 0.717) is 4.75 Å². The van der Waals surface area contributed by atoms with Crippen LogP contribution in [-0.4, -0.2) is 10.00 Å². The smallest absolute Gasteiger partial charge is 0.0207 e. The van der Waals surface area contributed by atoms with E-state index in [1.807, 2.05) is 10.8 Å². The third kappa shape index (κ3) is 9.01. The van der Waals surface area contributed by atoms with Gasteiger partial charge >= 0.3 is 0 Å². The fourth-order valence-corrected chi connectivity index (χ4v) is 3.36. The molecule has 13 heavy (non-hydrogen) atoms. The Morgan fingerprint density at radius 2 is 1.77 bits per heavy atom. The molecule has 0 aliphatic carbocycles. The Labute approximate surface area is 92.0 Å². The first-order valence-electron chi connectivity index (χ1n) is 5.32. The van der Waals surface area contributed by atoms with Crippen molar-refractivity contribution in [2.45, 2.75) is 70.3 Å². The van der Waals surface area contributed by atoms with Crippen molar-refractivity contribution >= 4 is 21.6 Å². The number of hydrogen-bond acceptors (Lipinski definition) is 2. The van der Waals surface area contributed by atoms with Crippen molar-refractivity contribution in [1.82, 2.24) is 0 Å². The summed E-state index contributed by atoms with van der Waals surface area (Å²) in [7, 11) is 4.07. The molecule has 0 spiro atoms. The molecule has 0 N–H and O–H groups in total. The predicted octanol–water partition coefficient (Wildman–Crippen LogP) is 5.14. The lowest BCUT2D eigenvalue weighted by molar-refractivity contribution is 0.575. The minimum absolute atomic E-state index is 0.462. The van der Waals surface area contributed by atoms with Gasteiger partial charge in [0.05, 0.1) is 0 Å². The van der Waals surface area contributed by atoms with Gasteiger partial charge in [0.25, 0.3) is 0 Å². The molecule has 0 saturated heterocycles. The molecule has 2 heteroatoms. The van der Waals surface area contributed by atoms with Gasteiger partial charge in [-0.1, -0.05) is 61.6 Å². The molecule has 0 radical (unpaired) electrons. The molecule has 0 aromatic rings. The Bertz CT molecular complexity index is 119. The first kappa shape index (κ1) is 13.7. The number of unbranched alkanes of at least 4 members (excludes halogenated alkanes) is 2. The molecule has 0 aromatic heterocycles. The zero-order valence-electron chi connectivity index (χ0n) is 9.72. The fourth-order valence-electron chi connectivity index (χ4n) is 1.07. The lowest BCUT2D eigenvalue weighted by Crippen LogP contribution is -2.13. The molecule has 0 atom stereocenters. The van der Waals surface area contributed by atoms with Crippen molar-refractivity contribution in [2.24, 2.45) is 0 Å². The standard InChI is InChI=1S/C11H24S2/c1-6-7-8-9-11(4,5)13-12-10(2)3/h10H,6-9H2,1-5H3. The second-order valence-corrected chi connectivity index (χ2v) is 7.93. The van der Waals surface area contributed by atoms with E-state index in [1.54, 1.807) is 0 Å². The molecule has 0 unspecified atom stereocenters. The maximum atomic E-state index is 2.36. The summed E-state index contributed by atoms with van der Waals surface area (Å²) in [5, 5.41) is 0.746. The highest BCUT2D eigenvalue weighted by atomic mass is 33.1. The van der Waals surface area contributed by atoms with Crippen LogP contribution in [0.15, 0.2) is 0 Å². The van der Waals surface area contributed by atoms with Crippen molar-refractivity contribution in [3.8, 4) is 0 Å². The second kappa shape index (κ2) is 7.05.